The average Bonchev–Trinajstić information content (AvgIpc) is 2.60. The van der Waals surface area contributed by atoms with E-state index in [4.69, 9.17) is 16.6 Å². The van der Waals surface area contributed by atoms with Gasteiger partial charge in [-0.05, 0) is 42.1 Å². The van der Waals surface area contributed by atoms with Gasteiger partial charge in [-0.2, -0.15) is 0 Å². The van der Waals surface area contributed by atoms with Crippen LogP contribution in [0.25, 0.3) is 32.9 Å². The maximum Gasteiger partial charge on any atom is 0.212 e. The van der Waals surface area contributed by atoms with Gasteiger partial charge in [0.25, 0.3) is 0 Å². The van der Waals surface area contributed by atoms with Crippen molar-refractivity contribution in [2.45, 2.75) is 6.92 Å². The number of ketones is 1. The molecule has 1 aliphatic rings. The Morgan fingerprint density at radius 2 is 1.92 bits per heavy atom. The number of carbonyl (C=O) groups is 1. The molecule has 0 atom stereocenters. The smallest absolute Gasteiger partial charge is 0.212 e. The van der Waals surface area contributed by atoms with E-state index in [2.05, 4.69) is 4.98 Å². The fourth-order valence-electron chi connectivity index (χ4n) is 3.54. The number of halogens is 1. The summed E-state index contributed by atoms with van der Waals surface area (Å²) in [4.78, 5) is 21.9. The fraction of sp³-hybridized carbons (Fsp3) is 0.0500. The van der Waals surface area contributed by atoms with Crippen LogP contribution >= 0.6 is 11.6 Å². The van der Waals surface area contributed by atoms with Crippen molar-refractivity contribution in [3.05, 3.63) is 64.4 Å². The molecule has 4 nitrogen and oxygen atoms in total. The second-order valence-corrected chi connectivity index (χ2v) is 6.60. The SMILES string of the molecule is Cc1cc2nc3c4c(nccc4c2cc1Cl)C(=O)c1cccc(O)c1-3. The third-order valence-electron chi connectivity index (χ3n) is 4.73. The minimum Gasteiger partial charge on any atom is -0.507 e. The molecule has 0 saturated heterocycles. The topological polar surface area (TPSA) is 63.1 Å². The number of carbonyl (C=O) groups excluding carboxylic acids is 1. The number of phenolic OH excluding ortho intramolecular Hbond substituents is 1. The van der Waals surface area contributed by atoms with Gasteiger partial charge in [-0.25, -0.2) is 4.98 Å². The zero-order valence-electron chi connectivity index (χ0n) is 13.2. The highest BCUT2D eigenvalue weighted by atomic mass is 35.5. The van der Waals surface area contributed by atoms with Gasteiger partial charge in [0.1, 0.15) is 11.4 Å². The van der Waals surface area contributed by atoms with Crippen LogP contribution in [0.1, 0.15) is 21.6 Å². The molecule has 2 heterocycles. The third kappa shape index (κ3) is 1.80. The molecule has 0 bridgehead atoms. The van der Waals surface area contributed by atoms with E-state index in [1.807, 2.05) is 25.1 Å². The van der Waals surface area contributed by atoms with Gasteiger partial charge in [0, 0.05) is 27.6 Å². The van der Waals surface area contributed by atoms with Gasteiger partial charge in [0.05, 0.1) is 16.8 Å². The zero-order chi connectivity index (χ0) is 17.3. The van der Waals surface area contributed by atoms with Gasteiger partial charge in [-0.1, -0.05) is 23.7 Å². The van der Waals surface area contributed by atoms with Gasteiger partial charge in [-0.15, -0.1) is 0 Å². The molecule has 0 unspecified atom stereocenters. The molecule has 5 heteroatoms. The molecule has 4 aromatic rings. The molecule has 25 heavy (non-hydrogen) atoms. The van der Waals surface area contributed by atoms with Crippen molar-refractivity contribution in [2.75, 3.05) is 0 Å². The fourth-order valence-corrected chi connectivity index (χ4v) is 3.70. The van der Waals surface area contributed by atoms with Crippen LogP contribution in [-0.4, -0.2) is 20.9 Å². The Morgan fingerprint density at radius 3 is 2.76 bits per heavy atom. The molecule has 0 spiro atoms. The van der Waals surface area contributed by atoms with Crippen molar-refractivity contribution in [2.24, 2.45) is 0 Å². The van der Waals surface area contributed by atoms with Crippen LogP contribution in [0.3, 0.4) is 0 Å². The number of pyridine rings is 2. The first-order valence-electron chi connectivity index (χ1n) is 7.82. The lowest BCUT2D eigenvalue weighted by Gasteiger charge is -2.20. The van der Waals surface area contributed by atoms with Crippen LogP contribution in [0.5, 0.6) is 5.75 Å². The van der Waals surface area contributed by atoms with E-state index in [0.717, 1.165) is 21.9 Å². The second kappa shape index (κ2) is 4.77. The monoisotopic (exact) mass is 346 g/mol. The average molecular weight is 347 g/mol. The number of aromatic nitrogens is 2. The number of aryl methyl sites for hydroxylation is 1. The minimum absolute atomic E-state index is 0.0409. The molecule has 120 valence electrons. The molecule has 0 aliphatic heterocycles. The lowest BCUT2D eigenvalue weighted by atomic mass is 9.87. The molecule has 0 fully saturated rings. The van der Waals surface area contributed by atoms with E-state index in [1.165, 1.54) is 0 Å². The second-order valence-electron chi connectivity index (χ2n) is 6.19. The van der Waals surface area contributed by atoms with Gasteiger partial charge in [-0.3, -0.25) is 9.78 Å². The van der Waals surface area contributed by atoms with Crippen molar-refractivity contribution in [1.82, 2.24) is 9.97 Å². The minimum atomic E-state index is -0.205. The first-order chi connectivity index (χ1) is 12.1. The first kappa shape index (κ1) is 14.4. The normalized spacial score (nSPS) is 12.6. The van der Waals surface area contributed by atoms with Crippen LogP contribution in [0.4, 0.5) is 0 Å². The third-order valence-corrected chi connectivity index (χ3v) is 5.13. The quantitative estimate of drug-likeness (QED) is 0.414. The molecule has 5 rings (SSSR count). The van der Waals surface area contributed by atoms with Crippen LogP contribution in [-0.2, 0) is 0 Å². The molecule has 2 aromatic carbocycles. The highest BCUT2D eigenvalue weighted by molar-refractivity contribution is 6.33. The van der Waals surface area contributed by atoms with Gasteiger partial charge in [0.2, 0.25) is 5.78 Å². The Morgan fingerprint density at radius 1 is 1.08 bits per heavy atom. The summed E-state index contributed by atoms with van der Waals surface area (Å²) >= 11 is 6.30. The number of aromatic hydroxyl groups is 1. The molecule has 1 aliphatic carbocycles. The highest BCUT2D eigenvalue weighted by Gasteiger charge is 2.30. The summed E-state index contributed by atoms with van der Waals surface area (Å²) in [6.45, 7) is 1.92. The number of rotatable bonds is 0. The van der Waals surface area contributed by atoms with E-state index in [0.29, 0.717) is 32.9 Å². The van der Waals surface area contributed by atoms with Gasteiger partial charge >= 0.3 is 0 Å². The molecule has 0 radical (unpaired) electrons. The Hall–Kier alpha value is -2.98. The summed E-state index contributed by atoms with van der Waals surface area (Å²) in [6.07, 6.45) is 1.63. The van der Waals surface area contributed by atoms with Crippen LogP contribution in [0.15, 0.2) is 42.6 Å². The van der Waals surface area contributed by atoms with Crippen molar-refractivity contribution < 1.29 is 9.90 Å². The molecule has 2 aromatic heterocycles. The lowest BCUT2D eigenvalue weighted by molar-refractivity contribution is 0.103. The number of fused-ring (bicyclic) bond motifs is 4. The van der Waals surface area contributed by atoms with Crippen molar-refractivity contribution in [3.63, 3.8) is 0 Å². The molecular formula is C20H11ClN2O2. The van der Waals surface area contributed by atoms with Gasteiger partial charge in [0.15, 0.2) is 0 Å². The summed E-state index contributed by atoms with van der Waals surface area (Å²) in [5.74, 6) is -0.164. The Bertz CT molecular complexity index is 1250. The van der Waals surface area contributed by atoms with Crippen molar-refractivity contribution in [1.29, 1.82) is 0 Å². The molecule has 1 N–H and O–H groups in total. The predicted octanol–water partition coefficient (Wildman–Crippen LogP) is 4.66. The molecular weight excluding hydrogens is 336 g/mol. The van der Waals surface area contributed by atoms with E-state index in [9.17, 15) is 9.90 Å². The lowest BCUT2D eigenvalue weighted by Crippen LogP contribution is -2.13. The van der Waals surface area contributed by atoms with Gasteiger partial charge < -0.3 is 5.11 Å². The largest absolute Gasteiger partial charge is 0.507 e. The maximum absolute atomic E-state index is 12.9. The van der Waals surface area contributed by atoms with Crippen LogP contribution in [0.2, 0.25) is 5.02 Å². The molecule has 0 saturated carbocycles. The Kier molecular flexibility index (Phi) is 2.74. The van der Waals surface area contributed by atoms with E-state index < -0.39 is 0 Å². The van der Waals surface area contributed by atoms with Crippen LogP contribution in [0, 0.1) is 6.92 Å². The Labute approximate surface area is 147 Å². The zero-order valence-corrected chi connectivity index (χ0v) is 13.9. The summed E-state index contributed by atoms with van der Waals surface area (Å²) < 4.78 is 0. The Balaban J connectivity index is 2.08. The predicted molar refractivity (Wildman–Crippen MR) is 97.3 cm³/mol. The van der Waals surface area contributed by atoms with E-state index in [1.54, 1.807) is 24.4 Å². The van der Waals surface area contributed by atoms with Crippen LogP contribution < -0.4 is 0 Å². The van der Waals surface area contributed by atoms with Crippen molar-refractivity contribution in [3.8, 4) is 17.0 Å². The standard InChI is InChI=1S/C20H11ClN2O2/c1-9-7-14-12(8-13(9)21)10-5-6-22-19-17(10)18(23-14)16-11(20(19)25)3-2-4-15(16)24/h2-8,24H,1H3. The van der Waals surface area contributed by atoms with Crippen molar-refractivity contribution >= 4 is 39.1 Å². The summed E-state index contributed by atoms with van der Waals surface area (Å²) in [5, 5.41) is 13.4. The summed E-state index contributed by atoms with van der Waals surface area (Å²) in [5.41, 5.74) is 3.52. The van der Waals surface area contributed by atoms with E-state index >= 15 is 0 Å². The summed E-state index contributed by atoms with van der Waals surface area (Å²) in [7, 11) is 0. The number of phenols is 1. The number of hydrogen-bond acceptors (Lipinski definition) is 4. The van der Waals surface area contributed by atoms with E-state index in [-0.39, 0.29) is 11.5 Å². The maximum atomic E-state index is 12.9. The number of benzene rings is 2. The number of nitrogens with zero attached hydrogens (tertiary/aromatic N) is 2. The first-order valence-corrected chi connectivity index (χ1v) is 8.19. The summed E-state index contributed by atoms with van der Waals surface area (Å²) in [6, 6.07) is 10.6. The number of hydrogen-bond donors (Lipinski definition) is 1. The molecule has 0 amide bonds. The highest BCUT2D eigenvalue weighted by Crippen LogP contribution is 2.44.